The molecule has 0 radical (unpaired) electrons. The van der Waals surface area contributed by atoms with E-state index in [2.05, 4.69) is 4.74 Å². The molecule has 0 N–H and O–H groups in total. The summed E-state index contributed by atoms with van der Waals surface area (Å²) < 4.78 is 40.1. The molecule has 0 bridgehead atoms. The molecular weight excluding hydrogens is 322 g/mol. The fourth-order valence-corrected chi connectivity index (χ4v) is 1.71. The van der Waals surface area contributed by atoms with Gasteiger partial charge in [0.05, 0.1) is 12.5 Å². The highest BCUT2D eigenvalue weighted by Crippen LogP contribution is 2.25. The Morgan fingerprint density at radius 2 is 2.00 bits per heavy atom. The van der Waals surface area contributed by atoms with Crippen molar-refractivity contribution in [1.82, 2.24) is 0 Å². The van der Waals surface area contributed by atoms with Gasteiger partial charge in [-0.2, -0.15) is 5.26 Å². The van der Waals surface area contributed by atoms with Crippen molar-refractivity contribution in [2.24, 2.45) is 0 Å². The number of rotatable bonds is 2. The van der Waals surface area contributed by atoms with Gasteiger partial charge < -0.3 is 4.74 Å². The molecule has 0 aliphatic rings. The zero-order chi connectivity index (χ0) is 11.5. The predicted molar refractivity (Wildman–Crippen MR) is 55.2 cm³/mol. The van der Waals surface area contributed by atoms with Crippen LogP contribution in [-0.2, 0) is 6.42 Å². The van der Waals surface area contributed by atoms with Gasteiger partial charge in [-0.1, -0.05) is 0 Å². The van der Waals surface area contributed by atoms with Crippen molar-refractivity contribution >= 4 is 22.6 Å². The third-order valence-electron chi connectivity index (χ3n) is 1.45. The van der Waals surface area contributed by atoms with Crippen molar-refractivity contribution in [3.05, 3.63) is 27.3 Å². The lowest BCUT2D eigenvalue weighted by Crippen LogP contribution is -2.17. The third-order valence-corrected chi connectivity index (χ3v) is 2.07. The standard InChI is InChI=1S/C9H5F3INO/c10-9(11,12)15-8-4-6(1-2-14)3-7(13)5-8/h3-5H,1H2. The monoisotopic (exact) mass is 327 g/mol. The number of nitrogens with zero attached hydrogens (tertiary/aromatic N) is 1. The van der Waals surface area contributed by atoms with Crippen LogP contribution >= 0.6 is 22.6 Å². The number of hydrogen-bond donors (Lipinski definition) is 0. The third kappa shape index (κ3) is 4.38. The molecule has 0 aromatic heterocycles. The fourth-order valence-electron chi connectivity index (χ4n) is 1.01. The molecule has 0 atom stereocenters. The molecule has 0 amide bonds. The molecule has 80 valence electrons. The Balaban J connectivity index is 2.95. The van der Waals surface area contributed by atoms with Crippen molar-refractivity contribution < 1.29 is 17.9 Å². The molecule has 1 aromatic carbocycles. The molecule has 0 aliphatic carbocycles. The van der Waals surface area contributed by atoms with Crippen LogP contribution in [0, 0.1) is 14.9 Å². The summed E-state index contributed by atoms with van der Waals surface area (Å²) in [6.45, 7) is 0. The maximum Gasteiger partial charge on any atom is 0.573 e. The van der Waals surface area contributed by atoms with E-state index >= 15 is 0 Å². The van der Waals surface area contributed by atoms with Crippen LogP contribution in [0.4, 0.5) is 13.2 Å². The van der Waals surface area contributed by atoms with Gasteiger partial charge in [-0.15, -0.1) is 13.2 Å². The van der Waals surface area contributed by atoms with Crippen LogP contribution in [0.2, 0.25) is 0 Å². The molecule has 0 aliphatic heterocycles. The first-order chi connectivity index (χ1) is 6.90. The molecule has 1 rings (SSSR count). The van der Waals surface area contributed by atoms with Gasteiger partial charge in [-0.25, -0.2) is 0 Å². The minimum Gasteiger partial charge on any atom is -0.406 e. The smallest absolute Gasteiger partial charge is 0.406 e. The van der Waals surface area contributed by atoms with E-state index in [0.29, 0.717) is 9.13 Å². The highest BCUT2D eigenvalue weighted by atomic mass is 127. The number of hydrogen-bond acceptors (Lipinski definition) is 2. The fraction of sp³-hybridized carbons (Fsp3) is 0.222. The second-order valence-electron chi connectivity index (χ2n) is 2.68. The zero-order valence-electron chi connectivity index (χ0n) is 7.31. The summed E-state index contributed by atoms with van der Waals surface area (Å²) >= 11 is 1.87. The van der Waals surface area contributed by atoms with E-state index in [1.165, 1.54) is 12.1 Å². The average Bonchev–Trinajstić information content (AvgIpc) is 1.99. The molecule has 2 nitrogen and oxygen atoms in total. The summed E-state index contributed by atoms with van der Waals surface area (Å²) in [6, 6.07) is 5.96. The second-order valence-corrected chi connectivity index (χ2v) is 3.92. The molecule has 0 saturated carbocycles. The van der Waals surface area contributed by atoms with Crippen LogP contribution in [0.1, 0.15) is 5.56 Å². The average molecular weight is 327 g/mol. The number of nitriles is 1. The van der Waals surface area contributed by atoms with Crippen LogP contribution in [0.3, 0.4) is 0 Å². The Bertz CT molecular complexity index is 397. The van der Waals surface area contributed by atoms with Gasteiger partial charge in [0.1, 0.15) is 5.75 Å². The van der Waals surface area contributed by atoms with Gasteiger partial charge in [0.25, 0.3) is 0 Å². The van der Waals surface area contributed by atoms with Gasteiger partial charge in [-0.05, 0) is 46.4 Å². The number of alkyl halides is 3. The lowest BCUT2D eigenvalue weighted by Gasteiger charge is -2.09. The van der Waals surface area contributed by atoms with Gasteiger partial charge in [0.2, 0.25) is 0 Å². The normalized spacial score (nSPS) is 10.9. The Morgan fingerprint density at radius 3 is 2.53 bits per heavy atom. The number of halogens is 4. The molecule has 0 saturated heterocycles. The van der Waals surface area contributed by atoms with E-state index in [1.807, 2.05) is 28.7 Å². The Hall–Kier alpha value is -0.970. The molecule has 0 spiro atoms. The zero-order valence-corrected chi connectivity index (χ0v) is 9.46. The first-order valence-electron chi connectivity index (χ1n) is 3.83. The van der Waals surface area contributed by atoms with E-state index in [9.17, 15) is 13.2 Å². The molecule has 15 heavy (non-hydrogen) atoms. The van der Waals surface area contributed by atoms with Crippen molar-refractivity contribution in [2.45, 2.75) is 12.8 Å². The van der Waals surface area contributed by atoms with Crippen LogP contribution in [-0.4, -0.2) is 6.36 Å². The van der Waals surface area contributed by atoms with Crippen LogP contribution < -0.4 is 4.74 Å². The van der Waals surface area contributed by atoms with E-state index in [0.717, 1.165) is 0 Å². The summed E-state index contributed by atoms with van der Waals surface area (Å²) in [5.74, 6) is -0.292. The first-order valence-corrected chi connectivity index (χ1v) is 4.91. The quantitative estimate of drug-likeness (QED) is 0.781. The van der Waals surface area contributed by atoms with Gasteiger partial charge in [-0.3, -0.25) is 0 Å². The largest absolute Gasteiger partial charge is 0.573 e. The van der Waals surface area contributed by atoms with E-state index < -0.39 is 6.36 Å². The number of ether oxygens (including phenoxy) is 1. The Morgan fingerprint density at radius 1 is 1.33 bits per heavy atom. The maximum absolute atomic E-state index is 11.9. The predicted octanol–water partition coefficient (Wildman–Crippen LogP) is 3.26. The SMILES string of the molecule is N#CCc1cc(I)cc(OC(F)(F)F)c1. The van der Waals surface area contributed by atoms with Crippen molar-refractivity contribution in [3.63, 3.8) is 0 Å². The van der Waals surface area contributed by atoms with E-state index in [4.69, 9.17) is 5.26 Å². The Labute approximate surface area is 97.8 Å². The van der Waals surface area contributed by atoms with Crippen molar-refractivity contribution in [1.29, 1.82) is 5.26 Å². The van der Waals surface area contributed by atoms with Gasteiger partial charge in [0, 0.05) is 3.57 Å². The van der Waals surface area contributed by atoms with Crippen molar-refractivity contribution in [3.8, 4) is 11.8 Å². The van der Waals surface area contributed by atoms with E-state index in [-0.39, 0.29) is 12.2 Å². The highest BCUT2D eigenvalue weighted by molar-refractivity contribution is 14.1. The van der Waals surface area contributed by atoms with Crippen LogP contribution in [0.25, 0.3) is 0 Å². The molecule has 0 fully saturated rings. The van der Waals surface area contributed by atoms with Gasteiger partial charge >= 0.3 is 6.36 Å². The lowest BCUT2D eigenvalue weighted by molar-refractivity contribution is -0.274. The topological polar surface area (TPSA) is 33.0 Å². The molecule has 0 heterocycles. The molecule has 1 aromatic rings. The lowest BCUT2D eigenvalue weighted by atomic mass is 10.2. The van der Waals surface area contributed by atoms with Crippen molar-refractivity contribution in [2.75, 3.05) is 0 Å². The summed E-state index contributed by atoms with van der Waals surface area (Å²) in [7, 11) is 0. The summed E-state index contributed by atoms with van der Waals surface area (Å²) in [6.07, 6.45) is -4.64. The molecule has 0 unspecified atom stereocenters. The van der Waals surface area contributed by atoms with Crippen LogP contribution in [0.15, 0.2) is 18.2 Å². The second kappa shape index (κ2) is 4.70. The minimum atomic E-state index is -4.70. The van der Waals surface area contributed by atoms with Crippen LogP contribution in [0.5, 0.6) is 5.75 Å². The number of benzene rings is 1. The first kappa shape index (κ1) is 12.1. The minimum absolute atomic E-state index is 0.0606. The summed E-state index contributed by atoms with van der Waals surface area (Å²) in [4.78, 5) is 0. The summed E-state index contributed by atoms with van der Waals surface area (Å²) in [5, 5.41) is 8.42. The van der Waals surface area contributed by atoms with Gasteiger partial charge in [0.15, 0.2) is 0 Å². The molecular formula is C9H5F3INO. The summed E-state index contributed by atoms with van der Waals surface area (Å²) in [5.41, 5.74) is 0.503. The van der Waals surface area contributed by atoms with E-state index in [1.54, 1.807) is 6.07 Å². The maximum atomic E-state index is 11.9. The Kier molecular flexibility index (Phi) is 3.79. The highest BCUT2D eigenvalue weighted by Gasteiger charge is 2.31. The molecule has 6 heteroatoms.